The zero-order valence-corrected chi connectivity index (χ0v) is 6.93. The highest BCUT2D eigenvalue weighted by molar-refractivity contribution is 5.95. The zero-order chi connectivity index (χ0) is 10.9. The largest absolute Gasteiger partial charge is 0.417 e. The molecule has 14 heavy (non-hydrogen) atoms. The lowest BCUT2D eigenvalue weighted by molar-refractivity contribution is -0.137. The molecule has 0 aliphatic rings. The first-order chi connectivity index (χ1) is 6.32. The highest BCUT2D eigenvalue weighted by atomic mass is 19.4. The maximum atomic E-state index is 12.3. The van der Waals surface area contributed by atoms with Crippen LogP contribution in [-0.4, -0.2) is 5.91 Å². The van der Waals surface area contributed by atoms with Crippen LogP contribution < -0.4 is 11.5 Å². The summed E-state index contributed by atoms with van der Waals surface area (Å²) in [6.45, 7) is 0. The Hall–Kier alpha value is -1.72. The van der Waals surface area contributed by atoms with Crippen LogP contribution >= 0.6 is 0 Å². The van der Waals surface area contributed by atoms with Crippen LogP contribution in [0.25, 0.3) is 0 Å². The number of rotatable bonds is 1. The Labute approximate surface area is 77.5 Å². The maximum absolute atomic E-state index is 12.3. The number of primary amides is 1. The second-order valence-corrected chi connectivity index (χ2v) is 2.67. The van der Waals surface area contributed by atoms with Crippen molar-refractivity contribution in [2.45, 2.75) is 6.18 Å². The summed E-state index contributed by atoms with van der Waals surface area (Å²) >= 11 is 0. The van der Waals surface area contributed by atoms with Crippen LogP contribution in [0.3, 0.4) is 0 Å². The number of halogens is 3. The lowest BCUT2D eigenvalue weighted by Gasteiger charge is -2.10. The molecule has 1 amide bonds. The van der Waals surface area contributed by atoms with Crippen molar-refractivity contribution in [3.8, 4) is 0 Å². The first-order valence-electron chi connectivity index (χ1n) is 3.59. The predicted molar refractivity (Wildman–Crippen MR) is 44.4 cm³/mol. The van der Waals surface area contributed by atoms with Gasteiger partial charge < -0.3 is 11.5 Å². The summed E-state index contributed by atoms with van der Waals surface area (Å²) in [5.74, 6) is -1.13. The van der Waals surface area contributed by atoms with E-state index in [2.05, 4.69) is 0 Å². The van der Waals surface area contributed by atoms with E-state index in [1.54, 1.807) is 0 Å². The summed E-state index contributed by atoms with van der Waals surface area (Å²) in [7, 11) is 0. The molecular weight excluding hydrogens is 197 g/mol. The Balaban J connectivity index is 3.38. The molecule has 0 saturated heterocycles. The van der Waals surface area contributed by atoms with Gasteiger partial charge in [-0.25, -0.2) is 0 Å². The van der Waals surface area contributed by atoms with Crippen molar-refractivity contribution >= 4 is 11.6 Å². The van der Waals surface area contributed by atoms with Gasteiger partial charge in [0, 0.05) is 5.69 Å². The molecule has 0 aromatic heterocycles. The minimum atomic E-state index is -4.63. The van der Waals surface area contributed by atoms with Crippen LogP contribution in [0.1, 0.15) is 15.9 Å². The molecule has 6 heteroatoms. The minimum Gasteiger partial charge on any atom is -0.399 e. The monoisotopic (exact) mass is 204 g/mol. The number of hydrogen-bond donors (Lipinski definition) is 2. The average molecular weight is 204 g/mol. The van der Waals surface area contributed by atoms with E-state index in [1.165, 1.54) is 6.07 Å². The third-order valence-corrected chi connectivity index (χ3v) is 1.61. The van der Waals surface area contributed by atoms with Crippen LogP contribution in [0.15, 0.2) is 18.2 Å². The quantitative estimate of drug-likeness (QED) is 0.678. The van der Waals surface area contributed by atoms with Gasteiger partial charge in [-0.1, -0.05) is 0 Å². The number of amides is 1. The Bertz CT molecular complexity index is 373. The Morgan fingerprint density at radius 2 is 1.86 bits per heavy atom. The highest BCUT2D eigenvalue weighted by Crippen LogP contribution is 2.32. The summed E-state index contributed by atoms with van der Waals surface area (Å²) in [6, 6.07) is 2.83. The van der Waals surface area contributed by atoms with E-state index < -0.39 is 23.2 Å². The topological polar surface area (TPSA) is 69.1 Å². The standard InChI is InChI=1S/C8H7F3N2O/c9-8(10,11)6-3-4(12)1-2-5(6)7(13)14/h1-3H,12H2,(H2,13,14). The van der Waals surface area contributed by atoms with Gasteiger partial charge in [0.05, 0.1) is 11.1 Å². The third kappa shape index (κ3) is 1.95. The molecule has 0 spiro atoms. The molecule has 1 rings (SSSR count). The fraction of sp³-hybridized carbons (Fsp3) is 0.125. The number of carbonyl (C=O) groups excluding carboxylic acids is 1. The Morgan fingerprint density at radius 3 is 2.29 bits per heavy atom. The van der Waals surface area contributed by atoms with Crippen molar-refractivity contribution < 1.29 is 18.0 Å². The molecule has 0 aliphatic carbocycles. The number of alkyl halides is 3. The zero-order valence-electron chi connectivity index (χ0n) is 6.93. The molecule has 0 atom stereocenters. The Kier molecular flexibility index (Phi) is 2.37. The van der Waals surface area contributed by atoms with Gasteiger partial charge >= 0.3 is 6.18 Å². The number of hydrogen-bond acceptors (Lipinski definition) is 2. The summed E-state index contributed by atoms with van der Waals surface area (Å²) in [5, 5.41) is 0. The summed E-state index contributed by atoms with van der Waals surface area (Å²) < 4.78 is 37.0. The number of benzene rings is 1. The molecule has 76 valence electrons. The van der Waals surface area contributed by atoms with E-state index in [9.17, 15) is 18.0 Å². The number of nitrogens with two attached hydrogens (primary N) is 2. The van der Waals surface area contributed by atoms with Gasteiger partial charge in [0.1, 0.15) is 0 Å². The van der Waals surface area contributed by atoms with Crippen LogP contribution in [0.4, 0.5) is 18.9 Å². The van der Waals surface area contributed by atoms with E-state index in [0.29, 0.717) is 6.07 Å². The van der Waals surface area contributed by atoms with Crippen LogP contribution in [0.5, 0.6) is 0 Å². The second kappa shape index (κ2) is 3.21. The van der Waals surface area contributed by atoms with Crippen molar-refractivity contribution in [2.75, 3.05) is 5.73 Å². The molecule has 0 aliphatic heterocycles. The van der Waals surface area contributed by atoms with Gasteiger partial charge in [0.25, 0.3) is 0 Å². The van der Waals surface area contributed by atoms with Crippen LogP contribution in [0, 0.1) is 0 Å². The molecule has 0 saturated carbocycles. The van der Waals surface area contributed by atoms with E-state index >= 15 is 0 Å². The van der Waals surface area contributed by atoms with E-state index in [4.69, 9.17) is 11.5 Å². The second-order valence-electron chi connectivity index (χ2n) is 2.67. The fourth-order valence-electron chi connectivity index (χ4n) is 1.01. The van der Waals surface area contributed by atoms with Gasteiger partial charge in [0.15, 0.2) is 0 Å². The molecule has 0 bridgehead atoms. The van der Waals surface area contributed by atoms with E-state index in [1.807, 2.05) is 0 Å². The number of anilines is 1. The smallest absolute Gasteiger partial charge is 0.399 e. The molecule has 0 fully saturated rings. The summed E-state index contributed by atoms with van der Waals surface area (Å²) in [6.07, 6.45) is -4.63. The van der Waals surface area contributed by atoms with Crippen molar-refractivity contribution in [1.29, 1.82) is 0 Å². The molecule has 1 aromatic carbocycles. The summed E-state index contributed by atoms with van der Waals surface area (Å²) in [5.41, 5.74) is 8.20. The normalized spacial score (nSPS) is 11.4. The van der Waals surface area contributed by atoms with Gasteiger partial charge in [-0.15, -0.1) is 0 Å². The van der Waals surface area contributed by atoms with Crippen molar-refractivity contribution in [1.82, 2.24) is 0 Å². The van der Waals surface area contributed by atoms with Crippen LogP contribution in [0.2, 0.25) is 0 Å². The minimum absolute atomic E-state index is 0.0673. The van der Waals surface area contributed by atoms with Gasteiger partial charge in [-0.2, -0.15) is 13.2 Å². The molecule has 0 radical (unpaired) electrons. The first-order valence-corrected chi connectivity index (χ1v) is 3.59. The third-order valence-electron chi connectivity index (χ3n) is 1.61. The number of carbonyl (C=O) groups is 1. The SMILES string of the molecule is NC(=O)c1ccc(N)cc1C(F)(F)F. The van der Waals surface area contributed by atoms with E-state index in [0.717, 1.165) is 6.07 Å². The highest BCUT2D eigenvalue weighted by Gasteiger charge is 2.34. The van der Waals surface area contributed by atoms with Crippen LogP contribution in [-0.2, 0) is 6.18 Å². The Morgan fingerprint density at radius 1 is 1.29 bits per heavy atom. The maximum Gasteiger partial charge on any atom is 0.417 e. The molecule has 4 N–H and O–H groups in total. The van der Waals surface area contributed by atoms with Crippen molar-refractivity contribution in [3.63, 3.8) is 0 Å². The van der Waals surface area contributed by atoms with Crippen molar-refractivity contribution in [3.05, 3.63) is 29.3 Å². The molecule has 0 unspecified atom stereocenters. The van der Waals surface area contributed by atoms with Gasteiger partial charge in [-0.3, -0.25) is 4.79 Å². The molecular formula is C8H7F3N2O. The molecule has 0 heterocycles. The molecule has 1 aromatic rings. The lowest BCUT2D eigenvalue weighted by atomic mass is 10.1. The van der Waals surface area contributed by atoms with Gasteiger partial charge in [-0.05, 0) is 18.2 Å². The van der Waals surface area contributed by atoms with Gasteiger partial charge in [0.2, 0.25) is 5.91 Å². The summed E-state index contributed by atoms with van der Waals surface area (Å²) in [4.78, 5) is 10.7. The number of nitrogen functional groups attached to an aromatic ring is 1. The van der Waals surface area contributed by atoms with Crippen molar-refractivity contribution in [2.24, 2.45) is 5.73 Å². The molecule has 3 nitrogen and oxygen atoms in total. The lowest BCUT2D eigenvalue weighted by Crippen LogP contribution is -2.18. The van der Waals surface area contributed by atoms with E-state index in [-0.39, 0.29) is 5.69 Å². The fourth-order valence-corrected chi connectivity index (χ4v) is 1.01. The predicted octanol–water partition coefficient (Wildman–Crippen LogP) is 1.39. The first kappa shape index (κ1) is 10.4. The average Bonchev–Trinajstić information content (AvgIpc) is 2.01.